The highest BCUT2D eigenvalue weighted by Crippen LogP contribution is 2.15. The molecule has 1 aromatic rings. The highest BCUT2D eigenvalue weighted by molar-refractivity contribution is 7.88. The Morgan fingerprint density at radius 2 is 1.71 bits per heavy atom. The summed E-state index contributed by atoms with van der Waals surface area (Å²) in [4.78, 5) is 0. The van der Waals surface area contributed by atoms with E-state index in [9.17, 15) is 8.42 Å². The van der Waals surface area contributed by atoms with E-state index in [1.54, 1.807) is 7.05 Å². The molecule has 0 heterocycles. The summed E-state index contributed by atoms with van der Waals surface area (Å²) in [5.41, 5.74) is 2.01. The van der Waals surface area contributed by atoms with Crippen molar-refractivity contribution >= 4 is 10.0 Å². The van der Waals surface area contributed by atoms with E-state index in [1.807, 2.05) is 31.2 Å². The van der Waals surface area contributed by atoms with Gasteiger partial charge < -0.3 is 5.32 Å². The second kappa shape index (κ2) is 8.51. The number of nitrogens with one attached hydrogen (secondary N) is 1. The first-order valence-electron chi connectivity index (χ1n) is 7.65. The first-order valence-corrected chi connectivity index (χ1v) is 9.25. The van der Waals surface area contributed by atoms with Crippen LogP contribution in [0.15, 0.2) is 24.3 Å². The minimum atomic E-state index is -3.25. The van der Waals surface area contributed by atoms with Gasteiger partial charge in [0.05, 0.1) is 5.75 Å². The van der Waals surface area contributed by atoms with E-state index >= 15 is 0 Å². The van der Waals surface area contributed by atoms with Gasteiger partial charge in [-0.1, -0.05) is 44.5 Å². The number of hydrogen-bond donors (Lipinski definition) is 1. The van der Waals surface area contributed by atoms with Crippen LogP contribution in [0.5, 0.6) is 0 Å². The SMILES string of the molecule is CCCC(C)N(C)S(=O)(=O)Cc1ccc(CNCC)cc1. The van der Waals surface area contributed by atoms with Crippen LogP contribution in [0.25, 0.3) is 0 Å². The van der Waals surface area contributed by atoms with Crippen LogP contribution in [0, 0.1) is 0 Å². The second-order valence-electron chi connectivity index (χ2n) is 5.51. The average molecular weight is 312 g/mol. The summed E-state index contributed by atoms with van der Waals surface area (Å²) in [6.45, 7) is 7.84. The summed E-state index contributed by atoms with van der Waals surface area (Å²) in [6.07, 6.45) is 1.87. The van der Waals surface area contributed by atoms with Gasteiger partial charge in [0.15, 0.2) is 0 Å². The Hall–Kier alpha value is -0.910. The predicted molar refractivity (Wildman–Crippen MR) is 88.6 cm³/mol. The smallest absolute Gasteiger partial charge is 0.218 e. The third-order valence-corrected chi connectivity index (χ3v) is 5.65. The van der Waals surface area contributed by atoms with Crippen LogP contribution in [-0.2, 0) is 22.3 Å². The quantitative estimate of drug-likeness (QED) is 0.763. The lowest BCUT2D eigenvalue weighted by molar-refractivity contribution is 0.368. The monoisotopic (exact) mass is 312 g/mol. The molecule has 0 amide bonds. The van der Waals surface area contributed by atoms with Gasteiger partial charge in [0.25, 0.3) is 0 Å². The first-order chi connectivity index (χ1) is 9.90. The third-order valence-electron chi connectivity index (χ3n) is 3.72. The minimum absolute atomic E-state index is 0.0491. The van der Waals surface area contributed by atoms with Crippen LogP contribution < -0.4 is 5.32 Å². The fourth-order valence-corrected chi connectivity index (χ4v) is 3.68. The van der Waals surface area contributed by atoms with E-state index in [1.165, 1.54) is 9.87 Å². The molecule has 0 radical (unpaired) electrons. The van der Waals surface area contributed by atoms with Crippen molar-refractivity contribution in [3.8, 4) is 0 Å². The topological polar surface area (TPSA) is 49.4 Å². The standard InChI is InChI=1S/C16H28N2O2S/c1-5-7-14(3)18(4)21(19,20)13-16-10-8-15(9-11-16)12-17-6-2/h8-11,14,17H,5-7,12-13H2,1-4H3. The third kappa shape index (κ3) is 5.77. The van der Waals surface area contributed by atoms with Crippen LogP contribution in [-0.4, -0.2) is 32.4 Å². The number of benzene rings is 1. The minimum Gasteiger partial charge on any atom is -0.313 e. The van der Waals surface area contributed by atoms with Gasteiger partial charge in [-0.3, -0.25) is 0 Å². The zero-order chi connectivity index (χ0) is 15.9. The summed E-state index contributed by atoms with van der Waals surface area (Å²) in [5, 5.41) is 3.25. The van der Waals surface area contributed by atoms with Gasteiger partial charge in [-0.2, -0.15) is 0 Å². The Kier molecular flexibility index (Phi) is 7.35. The maximum Gasteiger partial charge on any atom is 0.218 e. The summed E-state index contributed by atoms with van der Waals surface area (Å²) in [6, 6.07) is 7.84. The van der Waals surface area contributed by atoms with Crippen molar-refractivity contribution in [2.45, 2.75) is 52.0 Å². The summed E-state index contributed by atoms with van der Waals surface area (Å²) in [7, 11) is -1.57. The molecule has 1 atom stereocenters. The zero-order valence-electron chi connectivity index (χ0n) is 13.6. The van der Waals surface area contributed by atoms with E-state index in [0.29, 0.717) is 0 Å². The van der Waals surface area contributed by atoms with Crippen LogP contribution in [0.3, 0.4) is 0 Å². The Morgan fingerprint density at radius 3 is 2.24 bits per heavy atom. The lowest BCUT2D eigenvalue weighted by Crippen LogP contribution is -2.35. The van der Waals surface area contributed by atoms with Gasteiger partial charge in [0.1, 0.15) is 0 Å². The number of sulfonamides is 1. The molecule has 1 unspecified atom stereocenters. The van der Waals surface area contributed by atoms with E-state index in [0.717, 1.165) is 31.5 Å². The molecule has 0 bridgehead atoms. The largest absolute Gasteiger partial charge is 0.313 e. The Bertz CT molecular complexity index is 512. The van der Waals surface area contributed by atoms with Gasteiger partial charge >= 0.3 is 0 Å². The van der Waals surface area contributed by atoms with E-state index in [-0.39, 0.29) is 11.8 Å². The summed E-state index contributed by atoms with van der Waals surface area (Å²) < 4.78 is 26.3. The van der Waals surface area contributed by atoms with Crippen molar-refractivity contribution in [2.75, 3.05) is 13.6 Å². The van der Waals surface area contributed by atoms with Gasteiger partial charge in [-0.15, -0.1) is 0 Å². The molecule has 0 saturated heterocycles. The van der Waals surface area contributed by atoms with Crippen LogP contribution in [0.4, 0.5) is 0 Å². The molecule has 0 aliphatic heterocycles. The fraction of sp³-hybridized carbons (Fsp3) is 0.625. The molecule has 0 spiro atoms. The Morgan fingerprint density at radius 1 is 1.14 bits per heavy atom. The maximum absolute atomic E-state index is 12.4. The predicted octanol–water partition coefficient (Wildman–Crippen LogP) is 2.75. The molecule has 0 aromatic heterocycles. The van der Waals surface area contributed by atoms with E-state index in [4.69, 9.17) is 0 Å². The molecule has 1 rings (SSSR count). The molecule has 5 heteroatoms. The number of rotatable bonds is 9. The maximum atomic E-state index is 12.4. The van der Waals surface area contributed by atoms with Crippen molar-refractivity contribution < 1.29 is 8.42 Å². The molecule has 0 fully saturated rings. The molecule has 21 heavy (non-hydrogen) atoms. The van der Waals surface area contributed by atoms with Gasteiger partial charge in [-0.25, -0.2) is 12.7 Å². The molecule has 0 saturated carbocycles. The van der Waals surface area contributed by atoms with Crippen LogP contribution in [0.1, 0.15) is 44.7 Å². The van der Waals surface area contributed by atoms with Crippen molar-refractivity contribution in [3.63, 3.8) is 0 Å². The van der Waals surface area contributed by atoms with Gasteiger partial charge in [0, 0.05) is 19.6 Å². The molecule has 4 nitrogen and oxygen atoms in total. The molecule has 1 N–H and O–H groups in total. The van der Waals surface area contributed by atoms with Crippen molar-refractivity contribution in [3.05, 3.63) is 35.4 Å². The van der Waals surface area contributed by atoms with Crippen LogP contribution >= 0.6 is 0 Å². The van der Waals surface area contributed by atoms with Crippen molar-refractivity contribution in [1.82, 2.24) is 9.62 Å². The first kappa shape index (κ1) is 18.1. The molecule has 0 aliphatic rings. The second-order valence-corrected chi connectivity index (χ2v) is 7.54. The Balaban J connectivity index is 2.70. The van der Waals surface area contributed by atoms with Crippen LogP contribution in [0.2, 0.25) is 0 Å². The molecule has 0 aliphatic carbocycles. The highest BCUT2D eigenvalue weighted by Gasteiger charge is 2.22. The van der Waals surface area contributed by atoms with Gasteiger partial charge in [-0.05, 0) is 31.0 Å². The lowest BCUT2D eigenvalue weighted by Gasteiger charge is -2.24. The molecular weight excluding hydrogens is 284 g/mol. The summed E-state index contributed by atoms with van der Waals surface area (Å²) >= 11 is 0. The normalized spacial score (nSPS) is 13.6. The highest BCUT2D eigenvalue weighted by atomic mass is 32.2. The van der Waals surface area contributed by atoms with E-state index in [2.05, 4.69) is 19.2 Å². The van der Waals surface area contributed by atoms with Gasteiger partial charge in [0.2, 0.25) is 10.0 Å². The fourth-order valence-electron chi connectivity index (χ4n) is 2.21. The average Bonchev–Trinajstić information content (AvgIpc) is 2.45. The molecule has 120 valence electrons. The van der Waals surface area contributed by atoms with Crippen molar-refractivity contribution in [2.24, 2.45) is 0 Å². The molecular formula is C16H28N2O2S. The van der Waals surface area contributed by atoms with E-state index < -0.39 is 10.0 Å². The van der Waals surface area contributed by atoms with Crippen molar-refractivity contribution in [1.29, 1.82) is 0 Å². The number of hydrogen-bond acceptors (Lipinski definition) is 3. The molecule has 1 aromatic carbocycles. The number of nitrogens with zero attached hydrogens (tertiary/aromatic N) is 1. The lowest BCUT2D eigenvalue weighted by atomic mass is 10.1. The zero-order valence-corrected chi connectivity index (χ0v) is 14.4. The Labute approximate surface area is 129 Å². The summed E-state index contributed by atoms with van der Waals surface area (Å²) in [5.74, 6) is 0.0685.